The number of likely N-dealkylation sites (N-methyl/N-ethyl adjacent to an activating group) is 1. The van der Waals surface area contributed by atoms with Gasteiger partial charge in [-0.2, -0.15) is 0 Å². The maximum Gasteiger partial charge on any atom is 0.324 e. The van der Waals surface area contributed by atoms with Crippen LogP contribution >= 0.6 is 22.9 Å². The number of fused-ring (bicyclic) bond motifs is 1. The topological polar surface area (TPSA) is 111 Å². The van der Waals surface area contributed by atoms with E-state index in [2.05, 4.69) is 17.7 Å². The third-order valence-electron chi connectivity index (χ3n) is 5.37. The standard InChI is InChI=1S/C23H29ClN4O4S/c1-23(2,3)32-18(29)10-12-28(4)11-9-16-17(13-28)33-21(19(16)20(25)30)27-22(31)26-15-7-5-14(24)6-8-15/h5-8H,9-13H2,1-4H3,(H3-,25,26,27,30,31)/p+1. The second-order valence-electron chi connectivity index (χ2n) is 9.47. The van der Waals surface area contributed by atoms with E-state index in [-0.39, 0.29) is 5.97 Å². The maximum atomic E-state index is 12.5. The van der Waals surface area contributed by atoms with E-state index in [1.54, 1.807) is 24.3 Å². The monoisotopic (exact) mass is 493 g/mol. The molecule has 1 aromatic heterocycles. The van der Waals surface area contributed by atoms with Crippen LogP contribution in [0.2, 0.25) is 5.02 Å². The van der Waals surface area contributed by atoms with Crippen molar-refractivity contribution in [1.29, 1.82) is 0 Å². The molecule has 0 saturated carbocycles. The van der Waals surface area contributed by atoms with Crippen molar-refractivity contribution >= 4 is 51.5 Å². The number of benzene rings is 1. The summed E-state index contributed by atoms with van der Waals surface area (Å²) in [5.74, 6) is -0.794. The molecule has 0 radical (unpaired) electrons. The van der Waals surface area contributed by atoms with Crippen LogP contribution < -0.4 is 16.4 Å². The smallest absolute Gasteiger partial charge is 0.324 e. The number of amides is 3. The van der Waals surface area contributed by atoms with Crippen LogP contribution in [0.3, 0.4) is 0 Å². The zero-order chi connectivity index (χ0) is 24.4. The van der Waals surface area contributed by atoms with Gasteiger partial charge in [0.05, 0.1) is 37.0 Å². The van der Waals surface area contributed by atoms with E-state index in [4.69, 9.17) is 22.1 Å². The zero-order valence-electron chi connectivity index (χ0n) is 19.3. The summed E-state index contributed by atoms with van der Waals surface area (Å²) in [7, 11) is 2.08. The van der Waals surface area contributed by atoms with Gasteiger partial charge in [0.25, 0.3) is 5.91 Å². The van der Waals surface area contributed by atoms with Gasteiger partial charge in [-0.05, 0) is 50.6 Å². The van der Waals surface area contributed by atoms with Gasteiger partial charge in [-0.1, -0.05) is 11.6 Å². The average molecular weight is 494 g/mol. The first kappa shape index (κ1) is 25.0. The summed E-state index contributed by atoms with van der Waals surface area (Å²) >= 11 is 7.23. The van der Waals surface area contributed by atoms with E-state index < -0.39 is 17.5 Å². The number of nitrogens with zero attached hydrogens (tertiary/aromatic N) is 1. The molecule has 0 bridgehead atoms. The van der Waals surface area contributed by atoms with Gasteiger partial charge in [0.1, 0.15) is 17.1 Å². The molecule has 1 aromatic carbocycles. The predicted molar refractivity (Wildman–Crippen MR) is 131 cm³/mol. The summed E-state index contributed by atoms with van der Waals surface area (Å²) in [6.07, 6.45) is 0.946. The van der Waals surface area contributed by atoms with Gasteiger partial charge in [0.15, 0.2) is 0 Å². The third-order valence-corrected chi connectivity index (χ3v) is 6.75. The van der Waals surface area contributed by atoms with E-state index >= 15 is 0 Å². The fourth-order valence-corrected chi connectivity index (χ4v) is 5.35. The van der Waals surface area contributed by atoms with Crippen LogP contribution in [0.25, 0.3) is 0 Å². The number of nitrogens with one attached hydrogen (secondary N) is 2. The highest BCUT2D eigenvalue weighted by Gasteiger charge is 2.35. The molecule has 4 N–H and O–H groups in total. The summed E-state index contributed by atoms with van der Waals surface area (Å²) in [6, 6.07) is 6.24. The molecule has 1 unspecified atom stereocenters. The minimum atomic E-state index is -0.570. The number of thiophene rings is 1. The van der Waals surface area contributed by atoms with Crippen LogP contribution in [0.15, 0.2) is 24.3 Å². The summed E-state index contributed by atoms with van der Waals surface area (Å²) < 4.78 is 6.07. The van der Waals surface area contributed by atoms with Gasteiger partial charge >= 0.3 is 12.0 Å². The molecule has 3 rings (SSSR count). The molecule has 3 amide bonds. The number of rotatable bonds is 6. The number of anilines is 2. The van der Waals surface area contributed by atoms with E-state index in [0.29, 0.717) is 51.7 Å². The van der Waals surface area contributed by atoms with Crippen molar-refractivity contribution in [2.24, 2.45) is 5.73 Å². The number of quaternary nitrogens is 1. The van der Waals surface area contributed by atoms with Gasteiger partial charge < -0.3 is 20.3 Å². The number of primary amides is 1. The molecule has 2 aromatic rings. The lowest BCUT2D eigenvalue weighted by molar-refractivity contribution is -0.923. The van der Waals surface area contributed by atoms with E-state index in [0.717, 1.165) is 17.0 Å². The molecule has 178 valence electrons. The number of hydrogen-bond acceptors (Lipinski definition) is 5. The van der Waals surface area contributed by atoms with Crippen LogP contribution in [-0.4, -0.2) is 48.1 Å². The number of urea groups is 1. The SMILES string of the molecule is CC(C)(C)OC(=O)CC[N+]1(C)CCc2c(sc(NC(=O)Nc3ccc(Cl)cc3)c2C(N)=O)C1. The minimum Gasteiger partial charge on any atom is -0.460 e. The van der Waals surface area contributed by atoms with Gasteiger partial charge in [0.2, 0.25) is 0 Å². The van der Waals surface area contributed by atoms with Crippen molar-refractivity contribution in [3.05, 3.63) is 45.3 Å². The molecule has 33 heavy (non-hydrogen) atoms. The van der Waals surface area contributed by atoms with Crippen molar-refractivity contribution in [3.63, 3.8) is 0 Å². The first-order valence-corrected chi connectivity index (χ1v) is 11.9. The fourth-order valence-electron chi connectivity index (χ4n) is 3.80. The molecule has 8 nitrogen and oxygen atoms in total. The van der Waals surface area contributed by atoms with Crippen molar-refractivity contribution in [2.45, 2.75) is 45.8 Å². The van der Waals surface area contributed by atoms with E-state index in [9.17, 15) is 14.4 Å². The quantitative estimate of drug-likeness (QED) is 0.409. The van der Waals surface area contributed by atoms with E-state index in [1.807, 2.05) is 20.8 Å². The van der Waals surface area contributed by atoms with Crippen LogP contribution in [0.1, 0.15) is 48.0 Å². The van der Waals surface area contributed by atoms with Gasteiger partial charge in [-0.25, -0.2) is 4.79 Å². The Balaban J connectivity index is 1.71. The average Bonchev–Trinajstić information content (AvgIpc) is 3.03. The van der Waals surface area contributed by atoms with Gasteiger partial charge in [-0.15, -0.1) is 11.3 Å². The van der Waals surface area contributed by atoms with Crippen LogP contribution in [0.5, 0.6) is 0 Å². The van der Waals surface area contributed by atoms with Gasteiger partial charge in [-0.3, -0.25) is 14.9 Å². The fraction of sp³-hybridized carbons (Fsp3) is 0.435. The second-order valence-corrected chi connectivity index (χ2v) is 11.0. The van der Waals surface area contributed by atoms with Crippen LogP contribution in [-0.2, 0) is 22.5 Å². The first-order valence-electron chi connectivity index (χ1n) is 10.7. The highest BCUT2D eigenvalue weighted by Crippen LogP contribution is 2.38. The Morgan fingerprint density at radius 1 is 1.18 bits per heavy atom. The van der Waals surface area contributed by atoms with Gasteiger partial charge in [0, 0.05) is 17.1 Å². The van der Waals surface area contributed by atoms with Crippen molar-refractivity contribution in [1.82, 2.24) is 0 Å². The number of esters is 1. The Bertz CT molecular complexity index is 1060. The van der Waals surface area contributed by atoms with Crippen molar-refractivity contribution < 1.29 is 23.6 Å². The minimum absolute atomic E-state index is 0.224. The number of carbonyl (C=O) groups is 3. The molecule has 2 heterocycles. The summed E-state index contributed by atoms with van der Waals surface area (Å²) in [5.41, 5.74) is 6.97. The molecule has 0 fully saturated rings. The molecule has 0 saturated heterocycles. The Kier molecular flexibility index (Phi) is 7.36. The number of nitrogens with two attached hydrogens (primary N) is 1. The zero-order valence-corrected chi connectivity index (χ0v) is 20.9. The Hall–Kier alpha value is -2.62. The Labute approximate surface area is 202 Å². The predicted octanol–water partition coefficient (Wildman–Crippen LogP) is 4.38. The number of hydrogen-bond donors (Lipinski definition) is 3. The number of halogens is 1. The number of ether oxygens (including phenoxy) is 1. The van der Waals surface area contributed by atoms with E-state index in [1.165, 1.54) is 11.3 Å². The normalized spacial score (nSPS) is 17.7. The summed E-state index contributed by atoms with van der Waals surface area (Å²) in [5, 5.41) is 6.49. The lowest BCUT2D eigenvalue weighted by Crippen LogP contribution is -2.48. The lowest BCUT2D eigenvalue weighted by Gasteiger charge is -2.37. The third kappa shape index (κ3) is 6.69. The first-order chi connectivity index (χ1) is 15.3. The second kappa shape index (κ2) is 9.70. The molecule has 0 spiro atoms. The molecular weight excluding hydrogens is 464 g/mol. The Morgan fingerprint density at radius 3 is 2.45 bits per heavy atom. The van der Waals surface area contributed by atoms with Crippen LogP contribution in [0.4, 0.5) is 15.5 Å². The lowest BCUT2D eigenvalue weighted by atomic mass is 10.0. The highest BCUT2D eigenvalue weighted by atomic mass is 35.5. The van der Waals surface area contributed by atoms with Crippen LogP contribution in [0, 0.1) is 0 Å². The maximum absolute atomic E-state index is 12.5. The highest BCUT2D eigenvalue weighted by molar-refractivity contribution is 7.17. The molecular formula is C23H30ClN4O4S+. The molecule has 0 aliphatic carbocycles. The van der Waals surface area contributed by atoms with Crippen molar-refractivity contribution in [2.75, 3.05) is 30.8 Å². The molecule has 10 heteroatoms. The summed E-state index contributed by atoms with van der Waals surface area (Å²) in [6.45, 7) is 7.57. The summed E-state index contributed by atoms with van der Waals surface area (Å²) in [4.78, 5) is 37.9. The largest absolute Gasteiger partial charge is 0.460 e. The van der Waals surface area contributed by atoms with Crippen molar-refractivity contribution in [3.8, 4) is 0 Å². The molecule has 1 atom stereocenters. The Morgan fingerprint density at radius 2 is 1.85 bits per heavy atom. The number of carbonyl (C=O) groups excluding carboxylic acids is 3. The molecule has 1 aliphatic rings. The molecule has 1 aliphatic heterocycles.